The molecule has 2 aromatic carbocycles. The lowest BCUT2D eigenvalue weighted by Crippen LogP contribution is -2.16. The number of rotatable bonds is 5. The van der Waals surface area contributed by atoms with E-state index >= 15 is 0 Å². The lowest BCUT2D eigenvalue weighted by molar-refractivity contribution is 0.102. The molecule has 136 valence electrons. The van der Waals surface area contributed by atoms with Crippen LogP contribution >= 0.6 is 23.1 Å². The molecular weight excluding hydrogens is 376 g/mol. The molecule has 0 unspecified atom stereocenters. The summed E-state index contributed by atoms with van der Waals surface area (Å²) in [6, 6.07) is 15.3. The van der Waals surface area contributed by atoms with Crippen LogP contribution < -0.4 is 10.2 Å². The number of anilines is 2. The molecule has 0 aliphatic carbocycles. The summed E-state index contributed by atoms with van der Waals surface area (Å²) in [6.45, 7) is 2.14. The first-order valence-electron chi connectivity index (χ1n) is 8.80. The molecule has 3 aromatic rings. The quantitative estimate of drug-likeness (QED) is 0.632. The minimum Gasteiger partial charge on any atom is -0.348 e. The minimum absolute atomic E-state index is 0.167. The number of carbonyl (C=O) groups is 1. The van der Waals surface area contributed by atoms with Gasteiger partial charge in [0, 0.05) is 23.7 Å². The van der Waals surface area contributed by atoms with Crippen LogP contribution in [0.3, 0.4) is 0 Å². The highest BCUT2D eigenvalue weighted by Gasteiger charge is 2.17. The summed E-state index contributed by atoms with van der Waals surface area (Å²) in [5.74, 6) is 0.149. The highest BCUT2D eigenvalue weighted by Crippen LogP contribution is 2.32. The van der Waals surface area contributed by atoms with Gasteiger partial charge in [-0.05, 0) is 43.2 Å². The average Bonchev–Trinajstić information content (AvgIpc) is 3.35. The van der Waals surface area contributed by atoms with Crippen LogP contribution in [0.15, 0.2) is 47.4 Å². The number of fused-ring (bicyclic) bond motifs is 1. The lowest BCUT2D eigenvalue weighted by Gasteiger charge is -2.11. The number of hydrogen-bond donors (Lipinski definition) is 1. The maximum Gasteiger partial charge on any atom is 0.256 e. The van der Waals surface area contributed by atoms with Crippen molar-refractivity contribution in [2.45, 2.75) is 17.7 Å². The van der Waals surface area contributed by atoms with E-state index in [1.54, 1.807) is 17.4 Å². The van der Waals surface area contributed by atoms with Gasteiger partial charge in [-0.15, -0.1) is 11.8 Å². The van der Waals surface area contributed by atoms with Gasteiger partial charge in [0.05, 0.1) is 27.6 Å². The first-order valence-corrected chi connectivity index (χ1v) is 10.6. The highest BCUT2D eigenvalue weighted by atomic mass is 32.2. The Morgan fingerprint density at radius 3 is 2.89 bits per heavy atom. The molecule has 1 aliphatic rings. The zero-order valence-corrected chi connectivity index (χ0v) is 16.3. The van der Waals surface area contributed by atoms with Crippen molar-refractivity contribution in [3.8, 4) is 6.07 Å². The van der Waals surface area contributed by atoms with E-state index in [0.717, 1.165) is 39.0 Å². The Bertz CT molecular complexity index is 1020. The maximum atomic E-state index is 12.7. The molecule has 0 atom stereocenters. The molecule has 1 aliphatic heterocycles. The van der Waals surface area contributed by atoms with Crippen LogP contribution in [-0.2, 0) is 0 Å². The molecule has 1 saturated heterocycles. The van der Waals surface area contributed by atoms with Crippen LogP contribution in [0.1, 0.15) is 23.2 Å². The summed E-state index contributed by atoms with van der Waals surface area (Å²) in [4.78, 5) is 20.6. The predicted octanol–water partition coefficient (Wildman–Crippen LogP) is 4.76. The number of nitrogens with one attached hydrogen (secondary N) is 1. The molecule has 0 spiro atoms. The van der Waals surface area contributed by atoms with Gasteiger partial charge >= 0.3 is 0 Å². The minimum atomic E-state index is -0.167. The van der Waals surface area contributed by atoms with Crippen molar-refractivity contribution in [3.63, 3.8) is 0 Å². The summed E-state index contributed by atoms with van der Waals surface area (Å²) in [5, 5.41) is 12.8. The highest BCUT2D eigenvalue weighted by molar-refractivity contribution is 7.99. The van der Waals surface area contributed by atoms with Gasteiger partial charge in [-0.3, -0.25) is 4.79 Å². The molecule has 0 radical (unpaired) electrons. The molecule has 4 rings (SSSR count). The van der Waals surface area contributed by atoms with Crippen molar-refractivity contribution >= 4 is 50.0 Å². The zero-order valence-electron chi connectivity index (χ0n) is 14.6. The summed E-state index contributed by atoms with van der Waals surface area (Å²) in [5.41, 5.74) is 2.30. The number of hydrogen-bond acceptors (Lipinski definition) is 6. The number of carbonyl (C=O) groups excluding carboxylic acids is 1. The smallest absolute Gasteiger partial charge is 0.256 e. The van der Waals surface area contributed by atoms with Crippen molar-refractivity contribution in [3.05, 3.63) is 48.0 Å². The van der Waals surface area contributed by atoms with E-state index in [4.69, 9.17) is 10.2 Å². The number of amides is 1. The van der Waals surface area contributed by atoms with Gasteiger partial charge in [0.25, 0.3) is 5.91 Å². The van der Waals surface area contributed by atoms with Gasteiger partial charge in [-0.1, -0.05) is 23.5 Å². The van der Waals surface area contributed by atoms with E-state index in [9.17, 15) is 4.79 Å². The Kier molecular flexibility index (Phi) is 5.28. The van der Waals surface area contributed by atoms with E-state index in [1.165, 1.54) is 24.6 Å². The van der Waals surface area contributed by atoms with Crippen molar-refractivity contribution in [2.75, 3.05) is 29.1 Å². The molecule has 27 heavy (non-hydrogen) atoms. The van der Waals surface area contributed by atoms with E-state index in [1.807, 2.05) is 36.4 Å². The number of benzene rings is 2. The summed E-state index contributed by atoms with van der Waals surface area (Å²) in [6.07, 6.45) is 2.45. The molecular formula is C20H18N4OS2. The maximum absolute atomic E-state index is 12.7. The van der Waals surface area contributed by atoms with Crippen LogP contribution in [0.4, 0.5) is 10.8 Å². The fourth-order valence-electron chi connectivity index (χ4n) is 3.12. The largest absolute Gasteiger partial charge is 0.348 e. The molecule has 2 heterocycles. The van der Waals surface area contributed by atoms with Crippen LogP contribution in [0.25, 0.3) is 10.2 Å². The summed E-state index contributed by atoms with van der Waals surface area (Å²) >= 11 is 3.04. The molecule has 5 nitrogen and oxygen atoms in total. The van der Waals surface area contributed by atoms with E-state index < -0.39 is 0 Å². The van der Waals surface area contributed by atoms with Gasteiger partial charge in [0.15, 0.2) is 5.13 Å². The summed E-state index contributed by atoms with van der Waals surface area (Å²) < 4.78 is 1.07. The van der Waals surface area contributed by atoms with Crippen LogP contribution in [0, 0.1) is 11.3 Å². The molecule has 1 amide bonds. The molecule has 0 bridgehead atoms. The monoisotopic (exact) mass is 394 g/mol. The Morgan fingerprint density at radius 2 is 2.07 bits per heavy atom. The van der Waals surface area contributed by atoms with Crippen LogP contribution in [0.2, 0.25) is 0 Å². The number of thiazole rings is 1. The van der Waals surface area contributed by atoms with Gasteiger partial charge in [0.1, 0.15) is 0 Å². The van der Waals surface area contributed by atoms with Crippen molar-refractivity contribution in [1.82, 2.24) is 4.98 Å². The molecule has 0 saturated carbocycles. The molecule has 1 N–H and O–H groups in total. The molecule has 7 heteroatoms. The number of nitrogens with zero attached hydrogens (tertiary/aromatic N) is 3. The second-order valence-corrected chi connectivity index (χ2v) is 8.30. The molecule has 1 fully saturated rings. The van der Waals surface area contributed by atoms with Gasteiger partial charge < -0.3 is 10.2 Å². The zero-order chi connectivity index (χ0) is 18.6. The fourth-order valence-corrected chi connectivity index (χ4v) is 4.89. The number of nitriles is 1. The second-order valence-electron chi connectivity index (χ2n) is 6.27. The Hall–Kier alpha value is -2.56. The SMILES string of the molecule is N#CCSc1ccccc1C(=O)Nc1ccc2nc(N3CCCC3)sc2c1. The van der Waals surface area contributed by atoms with Crippen LogP contribution in [0.5, 0.6) is 0 Å². The van der Waals surface area contributed by atoms with Crippen molar-refractivity contribution in [2.24, 2.45) is 0 Å². The third-order valence-corrected chi connectivity index (χ3v) is 6.45. The van der Waals surface area contributed by atoms with Gasteiger partial charge in [-0.25, -0.2) is 4.98 Å². The second kappa shape index (κ2) is 7.99. The average molecular weight is 395 g/mol. The van der Waals surface area contributed by atoms with Gasteiger partial charge in [-0.2, -0.15) is 5.26 Å². The Labute approximate surface area is 166 Å². The molecule has 1 aromatic heterocycles. The number of thioether (sulfide) groups is 1. The normalized spacial score (nSPS) is 13.7. The standard InChI is InChI=1S/C20H18N4OS2/c21-9-12-26-17-6-2-1-5-15(17)19(25)22-14-7-8-16-18(13-14)27-20(23-16)24-10-3-4-11-24/h1-2,5-8,13H,3-4,10-12H2,(H,22,25). The third kappa shape index (κ3) is 3.92. The first kappa shape index (κ1) is 17.8. The third-order valence-electron chi connectivity index (χ3n) is 4.44. The van der Waals surface area contributed by atoms with Crippen molar-refractivity contribution < 1.29 is 4.79 Å². The van der Waals surface area contributed by atoms with E-state index in [-0.39, 0.29) is 5.91 Å². The number of aromatic nitrogens is 1. The predicted molar refractivity (Wildman–Crippen MR) is 112 cm³/mol. The van der Waals surface area contributed by atoms with E-state index in [0.29, 0.717) is 11.3 Å². The van der Waals surface area contributed by atoms with Gasteiger partial charge in [0.2, 0.25) is 0 Å². The fraction of sp³-hybridized carbons (Fsp3) is 0.250. The van der Waals surface area contributed by atoms with E-state index in [2.05, 4.69) is 16.3 Å². The summed E-state index contributed by atoms with van der Waals surface area (Å²) in [7, 11) is 0. The Balaban J connectivity index is 1.54. The first-order chi connectivity index (χ1) is 13.2. The Morgan fingerprint density at radius 1 is 1.26 bits per heavy atom. The van der Waals surface area contributed by atoms with Crippen molar-refractivity contribution in [1.29, 1.82) is 5.26 Å². The topological polar surface area (TPSA) is 69.0 Å². The lowest BCUT2D eigenvalue weighted by atomic mass is 10.2. The van der Waals surface area contributed by atoms with Crippen LogP contribution in [-0.4, -0.2) is 29.7 Å².